The monoisotopic (exact) mass is 261 g/mol. The molecule has 5 heteroatoms. The van der Waals surface area contributed by atoms with Crippen LogP contribution < -0.4 is 16.7 Å². The zero-order valence-corrected chi connectivity index (χ0v) is 10.4. The van der Waals surface area contributed by atoms with E-state index in [4.69, 9.17) is 10.4 Å². The summed E-state index contributed by atoms with van der Waals surface area (Å²) in [5, 5.41) is 0. The first-order valence-corrected chi connectivity index (χ1v) is 6.03. The van der Waals surface area contributed by atoms with E-state index in [-0.39, 0.29) is 18.6 Å². The lowest BCUT2D eigenvalue weighted by atomic mass is 9.55. The maximum absolute atomic E-state index is 12.9. The Hall–Kier alpha value is -1.72. The highest BCUT2D eigenvalue weighted by Crippen LogP contribution is 1.99. The highest BCUT2D eigenvalue weighted by atomic mass is 19.1. The normalized spacial score (nSPS) is 10.5. The Morgan fingerprint density at radius 2 is 1.26 bits per heavy atom. The second-order valence-corrected chi connectivity index (χ2v) is 4.14. The molecule has 0 atom stereocenters. The number of benzene rings is 2. The minimum absolute atomic E-state index is 0.305. The SMILES string of the molecule is NCCOB(c1ccc(F)cc1)c1ccc(F)cc1. The molecule has 0 bridgehead atoms. The maximum Gasteiger partial charge on any atom is 0.361 e. The van der Waals surface area contributed by atoms with Crippen LogP contribution in [-0.2, 0) is 4.65 Å². The van der Waals surface area contributed by atoms with Gasteiger partial charge in [0.1, 0.15) is 11.6 Å². The Morgan fingerprint density at radius 1 is 0.842 bits per heavy atom. The summed E-state index contributed by atoms with van der Waals surface area (Å²) in [5.41, 5.74) is 7.05. The first kappa shape index (κ1) is 13.7. The van der Waals surface area contributed by atoms with Gasteiger partial charge in [-0.2, -0.15) is 0 Å². The lowest BCUT2D eigenvalue weighted by molar-refractivity contribution is 0.344. The van der Waals surface area contributed by atoms with Crippen LogP contribution in [0.25, 0.3) is 0 Å². The van der Waals surface area contributed by atoms with Crippen molar-refractivity contribution in [1.82, 2.24) is 0 Å². The fourth-order valence-corrected chi connectivity index (χ4v) is 1.85. The average molecular weight is 261 g/mol. The Morgan fingerprint density at radius 3 is 1.63 bits per heavy atom. The van der Waals surface area contributed by atoms with E-state index in [0.717, 1.165) is 10.9 Å². The van der Waals surface area contributed by atoms with Crippen molar-refractivity contribution in [1.29, 1.82) is 0 Å². The molecule has 2 nitrogen and oxygen atoms in total. The Balaban J connectivity index is 2.29. The predicted molar refractivity (Wildman–Crippen MR) is 72.8 cm³/mol. The molecule has 0 fully saturated rings. The standard InChI is InChI=1S/C14H14BF2NO/c16-13-5-1-11(2-6-13)15(19-10-9-18)12-3-7-14(17)8-4-12/h1-8H,9-10,18H2. The van der Waals surface area contributed by atoms with Gasteiger partial charge in [0.05, 0.1) is 0 Å². The van der Waals surface area contributed by atoms with Crippen molar-refractivity contribution >= 4 is 17.8 Å². The molecule has 98 valence electrons. The molecular formula is C14H14BF2NO. The van der Waals surface area contributed by atoms with Crippen LogP contribution in [0, 0.1) is 11.6 Å². The smallest absolute Gasteiger partial charge is 0.361 e. The Bertz CT molecular complexity index is 470. The molecular weight excluding hydrogens is 247 g/mol. The number of rotatable bonds is 5. The van der Waals surface area contributed by atoms with Gasteiger partial charge in [-0.15, -0.1) is 0 Å². The maximum atomic E-state index is 12.9. The van der Waals surface area contributed by atoms with Crippen LogP contribution in [0.4, 0.5) is 8.78 Å². The highest BCUT2D eigenvalue weighted by molar-refractivity contribution is 6.80. The van der Waals surface area contributed by atoms with Crippen LogP contribution in [0.15, 0.2) is 48.5 Å². The lowest BCUT2D eigenvalue weighted by Crippen LogP contribution is -2.45. The molecule has 2 N–H and O–H groups in total. The molecule has 0 aliphatic rings. The van der Waals surface area contributed by atoms with Gasteiger partial charge in [-0.05, 0) is 35.2 Å². The van der Waals surface area contributed by atoms with Crippen LogP contribution in [0.2, 0.25) is 0 Å². The van der Waals surface area contributed by atoms with E-state index in [1.54, 1.807) is 24.3 Å². The van der Waals surface area contributed by atoms with Gasteiger partial charge in [-0.1, -0.05) is 24.3 Å². The Labute approximate surface area is 111 Å². The molecule has 0 heterocycles. The second kappa shape index (κ2) is 6.45. The zero-order valence-electron chi connectivity index (χ0n) is 10.4. The van der Waals surface area contributed by atoms with Crippen LogP contribution in [0.1, 0.15) is 0 Å². The van der Waals surface area contributed by atoms with Crippen LogP contribution in [0.5, 0.6) is 0 Å². The molecule has 0 spiro atoms. The van der Waals surface area contributed by atoms with E-state index >= 15 is 0 Å². The fourth-order valence-electron chi connectivity index (χ4n) is 1.85. The zero-order chi connectivity index (χ0) is 13.7. The minimum Gasteiger partial charge on any atom is -0.426 e. The highest BCUT2D eigenvalue weighted by Gasteiger charge is 2.21. The lowest BCUT2D eigenvalue weighted by Gasteiger charge is -2.14. The number of hydrogen-bond donors (Lipinski definition) is 1. The van der Waals surface area contributed by atoms with Crippen molar-refractivity contribution in [2.75, 3.05) is 13.2 Å². The van der Waals surface area contributed by atoms with Gasteiger partial charge in [-0.25, -0.2) is 8.78 Å². The van der Waals surface area contributed by atoms with E-state index in [2.05, 4.69) is 0 Å². The molecule has 19 heavy (non-hydrogen) atoms. The molecule has 2 rings (SSSR count). The number of hydrogen-bond acceptors (Lipinski definition) is 2. The third-order valence-corrected chi connectivity index (χ3v) is 2.75. The van der Waals surface area contributed by atoms with Gasteiger partial charge in [0, 0.05) is 13.2 Å². The first-order chi connectivity index (χ1) is 9.20. The first-order valence-electron chi connectivity index (χ1n) is 6.03. The molecule has 0 aromatic heterocycles. The van der Waals surface area contributed by atoms with Crippen molar-refractivity contribution in [3.05, 3.63) is 60.2 Å². The molecule has 0 saturated carbocycles. The molecule has 0 radical (unpaired) electrons. The molecule has 0 aliphatic heterocycles. The van der Waals surface area contributed by atoms with E-state index in [1.807, 2.05) is 0 Å². The molecule has 0 saturated heterocycles. The summed E-state index contributed by atoms with van der Waals surface area (Å²) >= 11 is 0. The summed E-state index contributed by atoms with van der Waals surface area (Å²) in [7, 11) is 0. The van der Waals surface area contributed by atoms with Gasteiger partial charge >= 0.3 is 6.92 Å². The van der Waals surface area contributed by atoms with Crippen molar-refractivity contribution in [2.24, 2.45) is 5.73 Å². The van der Waals surface area contributed by atoms with Gasteiger partial charge in [0.2, 0.25) is 0 Å². The van der Waals surface area contributed by atoms with E-state index in [0.29, 0.717) is 13.2 Å². The fraction of sp³-hybridized carbons (Fsp3) is 0.143. The van der Waals surface area contributed by atoms with Crippen molar-refractivity contribution in [3.8, 4) is 0 Å². The van der Waals surface area contributed by atoms with Crippen molar-refractivity contribution in [2.45, 2.75) is 0 Å². The average Bonchev–Trinajstić information content (AvgIpc) is 2.43. The van der Waals surface area contributed by atoms with Crippen molar-refractivity contribution in [3.63, 3.8) is 0 Å². The molecule has 0 amide bonds. The minimum atomic E-state index is -0.371. The summed E-state index contributed by atoms with van der Waals surface area (Å²) in [6, 6.07) is 12.1. The summed E-state index contributed by atoms with van der Waals surface area (Å²) in [6.07, 6.45) is 0. The van der Waals surface area contributed by atoms with Gasteiger partial charge < -0.3 is 10.4 Å². The number of halogens is 2. The quantitative estimate of drug-likeness (QED) is 0.816. The van der Waals surface area contributed by atoms with Crippen LogP contribution in [0.3, 0.4) is 0 Å². The van der Waals surface area contributed by atoms with Gasteiger partial charge in [-0.3, -0.25) is 0 Å². The van der Waals surface area contributed by atoms with Crippen molar-refractivity contribution < 1.29 is 13.4 Å². The molecule has 2 aromatic carbocycles. The number of nitrogens with two attached hydrogens (primary N) is 1. The third-order valence-electron chi connectivity index (χ3n) is 2.75. The summed E-state index contributed by atoms with van der Waals surface area (Å²) < 4.78 is 31.6. The summed E-state index contributed by atoms with van der Waals surface area (Å²) in [4.78, 5) is 0. The molecule has 0 unspecified atom stereocenters. The van der Waals surface area contributed by atoms with E-state index < -0.39 is 0 Å². The second-order valence-electron chi connectivity index (χ2n) is 4.14. The molecule has 0 aliphatic carbocycles. The van der Waals surface area contributed by atoms with Gasteiger partial charge in [0.25, 0.3) is 0 Å². The summed E-state index contributed by atoms with van der Waals surface area (Å²) in [6.45, 7) is 0.392. The van der Waals surface area contributed by atoms with E-state index in [9.17, 15) is 8.78 Å². The largest absolute Gasteiger partial charge is 0.426 e. The van der Waals surface area contributed by atoms with Gasteiger partial charge in [0.15, 0.2) is 0 Å². The van der Waals surface area contributed by atoms with Crippen LogP contribution >= 0.6 is 0 Å². The molecule has 2 aromatic rings. The Kier molecular flexibility index (Phi) is 4.66. The van der Waals surface area contributed by atoms with E-state index in [1.165, 1.54) is 24.3 Å². The topological polar surface area (TPSA) is 35.2 Å². The van der Waals surface area contributed by atoms with Crippen LogP contribution in [-0.4, -0.2) is 20.1 Å². The third kappa shape index (κ3) is 3.62. The summed E-state index contributed by atoms with van der Waals surface area (Å²) in [5.74, 6) is -0.610. The predicted octanol–water partition coefficient (Wildman–Crippen LogP) is 1.05.